The van der Waals surface area contributed by atoms with Crippen LogP contribution in [0.25, 0.3) is 11.1 Å². The van der Waals surface area contributed by atoms with Crippen molar-refractivity contribution in [2.24, 2.45) is 0 Å². The van der Waals surface area contributed by atoms with Gasteiger partial charge in [-0.2, -0.15) is 0 Å². The van der Waals surface area contributed by atoms with Gasteiger partial charge in [0, 0.05) is 23.0 Å². The number of H-pyrrole nitrogens is 1. The predicted octanol–water partition coefficient (Wildman–Crippen LogP) is 5.08. The first-order valence-electron chi connectivity index (χ1n) is 9.12. The summed E-state index contributed by atoms with van der Waals surface area (Å²) >= 11 is 6.08. The molecule has 2 aromatic rings. The number of hydrogen-bond donors (Lipinski definition) is 2. The maximum absolute atomic E-state index is 12.3. The molecule has 26 heavy (non-hydrogen) atoms. The highest BCUT2D eigenvalue weighted by molar-refractivity contribution is 7.90. The van der Waals surface area contributed by atoms with Crippen molar-refractivity contribution in [3.05, 3.63) is 47.2 Å². The summed E-state index contributed by atoms with van der Waals surface area (Å²) in [6, 6.07) is 10.1. The van der Waals surface area contributed by atoms with E-state index in [9.17, 15) is 8.42 Å². The predicted molar refractivity (Wildman–Crippen MR) is 108 cm³/mol. The highest BCUT2D eigenvalue weighted by Crippen LogP contribution is 2.35. The molecule has 0 radical (unpaired) electrons. The van der Waals surface area contributed by atoms with Gasteiger partial charge in [0.05, 0.1) is 4.75 Å². The zero-order chi connectivity index (χ0) is 18.9. The number of hydrogen-bond acceptors (Lipinski definition) is 2. The average molecular weight is 395 g/mol. The SMILES string of the molecule is CC(C)(C)S(=O)(=O)N[C@H]1CC[C@H](c2cc(-c3cccc(Cl)c3)c[nH]2)CC1. The molecule has 0 amide bonds. The average Bonchev–Trinajstić information content (AvgIpc) is 3.04. The molecule has 1 aliphatic rings. The van der Waals surface area contributed by atoms with Crippen LogP contribution in [0, 0.1) is 0 Å². The van der Waals surface area contributed by atoms with E-state index in [1.165, 1.54) is 5.69 Å². The van der Waals surface area contributed by atoms with Crippen LogP contribution in [0.15, 0.2) is 36.5 Å². The van der Waals surface area contributed by atoms with Crippen LogP contribution in [0.5, 0.6) is 0 Å². The number of sulfonamides is 1. The summed E-state index contributed by atoms with van der Waals surface area (Å²) in [6.45, 7) is 5.20. The van der Waals surface area contributed by atoms with Gasteiger partial charge in [0.15, 0.2) is 0 Å². The summed E-state index contributed by atoms with van der Waals surface area (Å²) in [5, 5.41) is 0.733. The summed E-state index contributed by atoms with van der Waals surface area (Å²) in [5.41, 5.74) is 3.46. The molecule has 0 atom stereocenters. The molecule has 1 aromatic carbocycles. The van der Waals surface area contributed by atoms with Crippen molar-refractivity contribution < 1.29 is 8.42 Å². The fraction of sp³-hybridized carbons (Fsp3) is 0.500. The lowest BCUT2D eigenvalue weighted by atomic mass is 9.84. The Bertz CT molecular complexity index is 860. The Labute approximate surface area is 161 Å². The molecule has 0 aliphatic heterocycles. The van der Waals surface area contributed by atoms with E-state index < -0.39 is 14.8 Å². The van der Waals surface area contributed by atoms with Crippen molar-refractivity contribution in [3.8, 4) is 11.1 Å². The molecule has 0 bridgehead atoms. The molecular weight excluding hydrogens is 368 g/mol. The Hall–Kier alpha value is -1.30. The van der Waals surface area contributed by atoms with Gasteiger partial charge in [0.25, 0.3) is 0 Å². The molecule has 0 spiro atoms. The van der Waals surface area contributed by atoms with Gasteiger partial charge < -0.3 is 4.98 Å². The van der Waals surface area contributed by atoms with E-state index >= 15 is 0 Å². The van der Waals surface area contributed by atoms with Gasteiger partial charge in [-0.1, -0.05) is 23.7 Å². The lowest BCUT2D eigenvalue weighted by Gasteiger charge is -2.31. The number of rotatable bonds is 4. The number of aromatic nitrogens is 1. The van der Waals surface area contributed by atoms with E-state index in [-0.39, 0.29) is 6.04 Å². The van der Waals surface area contributed by atoms with E-state index in [4.69, 9.17) is 11.6 Å². The summed E-state index contributed by atoms with van der Waals surface area (Å²) in [5.74, 6) is 0.443. The first-order chi connectivity index (χ1) is 12.2. The van der Waals surface area contributed by atoms with E-state index in [1.807, 2.05) is 24.4 Å². The first-order valence-corrected chi connectivity index (χ1v) is 11.0. The van der Waals surface area contributed by atoms with Gasteiger partial charge >= 0.3 is 0 Å². The van der Waals surface area contributed by atoms with Crippen molar-refractivity contribution in [2.45, 2.75) is 63.2 Å². The largest absolute Gasteiger partial charge is 0.364 e. The molecule has 3 rings (SSSR count). The van der Waals surface area contributed by atoms with E-state index in [0.717, 1.165) is 41.8 Å². The first kappa shape index (κ1) is 19.5. The van der Waals surface area contributed by atoms with Crippen molar-refractivity contribution in [3.63, 3.8) is 0 Å². The van der Waals surface area contributed by atoms with Crippen molar-refractivity contribution in [1.82, 2.24) is 9.71 Å². The van der Waals surface area contributed by atoms with Gasteiger partial charge in [-0.25, -0.2) is 13.1 Å². The van der Waals surface area contributed by atoms with Crippen LogP contribution in [0.3, 0.4) is 0 Å². The van der Waals surface area contributed by atoms with Crippen molar-refractivity contribution in [2.75, 3.05) is 0 Å². The van der Waals surface area contributed by atoms with Crippen molar-refractivity contribution in [1.29, 1.82) is 0 Å². The van der Waals surface area contributed by atoms with Gasteiger partial charge in [-0.3, -0.25) is 0 Å². The van der Waals surface area contributed by atoms with Crippen LogP contribution in [0.4, 0.5) is 0 Å². The smallest absolute Gasteiger partial charge is 0.216 e. The molecular formula is C20H27ClN2O2S. The number of halogens is 1. The van der Waals surface area contributed by atoms with E-state index in [1.54, 1.807) is 20.8 Å². The van der Waals surface area contributed by atoms with Crippen LogP contribution in [0.2, 0.25) is 5.02 Å². The summed E-state index contributed by atoms with van der Waals surface area (Å²) in [4.78, 5) is 3.40. The monoisotopic (exact) mass is 394 g/mol. The quantitative estimate of drug-likeness (QED) is 0.759. The normalized spacial score (nSPS) is 21.7. The second-order valence-corrected chi connectivity index (χ2v) is 11.0. The maximum atomic E-state index is 12.3. The number of benzene rings is 1. The van der Waals surface area contributed by atoms with Gasteiger partial charge in [0.2, 0.25) is 10.0 Å². The molecule has 1 aliphatic carbocycles. The topological polar surface area (TPSA) is 62.0 Å². The second kappa shape index (κ2) is 7.37. The van der Waals surface area contributed by atoms with Crippen LogP contribution >= 0.6 is 11.6 Å². The summed E-state index contributed by atoms with van der Waals surface area (Å²) in [7, 11) is -3.29. The van der Waals surface area contributed by atoms with Gasteiger partial charge in [0.1, 0.15) is 0 Å². The standard InChI is InChI=1S/C20H27ClN2O2S/c1-20(2,3)26(24,25)23-18-9-7-14(8-10-18)19-12-16(13-22-19)15-5-4-6-17(21)11-15/h4-6,11-14,18,22-23H,7-10H2,1-3H3/t14-,18-. The molecule has 1 fully saturated rings. The molecule has 0 unspecified atom stereocenters. The molecule has 4 nitrogen and oxygen atoms in total. The molecule has 1 heterocycles. The molecule has 1 aromatic heterocycles. The Morgan fingerprint density at radius 3 is 2.38 bits per heavy atom. The highest BCUT2D eigenvalue weighted by atomic mass is 35.5. The third-order valence-corrected chi connectivity index (χ3v) is 7.65. The Morgan fingerprint density at radius 1 is 1.08 bits per heavy atom. The lowest BCUT2D eigenvalue weighted by molar-refractivity contribution is 0.368. The van der Waals surface area contributed by atoms with Gasteiger partial charge in [-0.05, 0) is 81.7 Å². The number of aromatic amines is 1. The number of nitrogens with one attached hydrogen (secondary N) is 2. The maximum Gasteiger partial charge on any atom is 0.216 e. The molecule has 1 saturated carbocycles. The van der Waals surface area contributed by atoms with E-state index in [0.29, 0.717) is 5.92 Å². The minimum Gasteiger partial charge on any atom is -0.364 e. The fourth-order valence-electron chi connectivity index (χ4n) is 3.40. The second-order valence-electron chi connectivity index (χ2n) is 8.14. The molecule has 2 N–H and O–H groups in total. The minimum atomic E-state index is -3.29. The van der Waals surface area contributed by atoms with Crippen molar-refractivity contribution >= 4 is 21.6 Å². The minimum absolute atomic E-state index is 0.0397. The van der Waals surface area contributed by atoms with Crippen LogP contribution in [-0.4, -0.2) is 24.2 Å². The van der Waals surface area contributed by atoms with Crippen LogP contribution < -0.4 is 4.72 Å². The Balaban J connectivity index is 1.62. The summed E-state index contributed by atoms with van der Waals surface area (Å²) < 4.78 is 26.8. The zero-order valence-corrected chi connectivity index (χ0v) is 17.1. The molecule has 6 heteroatoms. The molecule has 0 saturated heterocycles. The van der Waals surface area contributed by atoms with E-state index in [2.05, 4.69) is 21.8 Å². The third kappa shape index (κ3) is 4.33. The Morgan fingerprint density at radius 2 is 1.77 bits per heavy atom. The lowest BCUT2D eigenvalue weighted by Crippen LogP contribution is -2.45. The van der Waals surface area contributed by atoms with Gasteiger partial charge in [-0.15, -0.1) is 0 Å². The zero-order valence-electron chi connectivity index (χ0n) is 15.5. The Kier molecular flexibility index (Phi) is 5.52. The summed E-state index contributed by atoms with van der Waals surface area (Å²) in [6.07, 6.45) is 5.71. The fourth-order valence-corrected chi connectivity index (χ4v) is 4.62. The molecule has 142 valence electrons. The van der Waals surface area contributed by atoms with Crippen LogP contribution in [0.1, 0.15) is 58.1 Å². The van der Waals surface area contributed by atoms with Crippen LogP contribution in [-0.2, 0) is 10.0 Å². The third-order valence-electron chi connectivity index (χ3n) is 5.16. The highest BCUT2D eigenvalue weighted by Gasteiger charge is 2.33.